The van der Waals surface area contributed by atoms with Crippen molar-refractivity contribution >= 4 is 29.5 Å². The number of nitrogens with zero attached hydrogens (tertiary/aromatic N) is 1. The minimum Gasteiger partial charge on any atom is -0.451 e. The number of hydrogen-bond donors (Lipinski definition) is 2. The molecular weight excluding hydrogens is 388 g/mol. The van der Waals surface area contributed by atoms with E-state index in [-0.39, 0.29) is 5.69 Å². The molecule has 1 saturated heterocycles. The van der Waals surface area contributed by atoms with E-state index in [4.69, 9.17) is 4.74 Å². The van der Waals surface area contributed by atoms with Gasteiger partial charge >= 0.3 is 12.0 Å². The molecule has 0 spiro atoms. The molecule has 0 aromatic heterocycles. The molecule has 2 atom stereocenters. The first-order chi connectivity index (χ1) is 13.6. The number of carbonyl (C=O) groups is 4. The van der Waals surface area contributed by atoms with Gasteiger partial charge in [-0.15, -0.1) is 0 Å². The van der Waals surface area contributed by atoms with Crippen molar-refractivity contribution in [2.45, 2.75) is 51.7 Å². The van der Waals surface area contributed by atoms with E-state index in [0.717, 1.165) is 29.9 Å². The fourth-order valence-corrected chi connectivity index (χ4v) is 2.83. The van der Waals surface area contributed by atoms with E-state index in [1.807, 2.05) is 6.92 Å². The van der Waals surface area contributed by atoms with Gasteiger partial charge < -0.3 is 15.4 Å². The van der Waals surface area contributed by atoms with Crippen LogP contribution in [0.3, 0.4) is 0 Å². The lowest BCUT2D eigenvalue weighted by Crippen LogP contribution is -2.44. The van der Waals surface area contributed by atoms with Crippen LogP contribution in [0.5, 0.6) is 0 Å². The Morgan fingerprint density at radius 1 is 1.31 bits per heavy atom. The number of halogens is 2. The molecule has 1 aliphatic heterocycles. The maximum absolute atomic E-state index is 13.6. The van der Waals surface area contributed by atoms with Crippen molar-refractivity contribution in [3.63, 3.8) is 0 Å². The Kier molecular flexibility index (Phi) is 6.89. The molecule has 1 fully saturated rings. The zero-order chi connectivity index (χ0) is 21.8. The van der Waals surface area contributed by atoms with Crippen molar-refractivity contribution in [3.05, 3.63) is 29.8 Å². The fraction of sp³-hybridized carbons (Fsp3) is 0.474. The summed E-state index contributed by atoms with van der Waals surface area (Å²) in [6.45, 7) is 4.12. The van der Waals surface area contributed by atoms with Crippen LogP contribution in [-0.2, 0) is 19.1 Å². The van der Waals surface area contributed by atoms with Crippen LogP contribution >= 0.6 is 0 Å². The minimum atomic E-state index is -1.33. The molecule has 0 bridgehead atoms. The first kappa shape index (κ1) is 22.3. The number of unbranched alkanes of at least 4 members (excludes halogenated alkanes) is 1. The summed E-state index contributed by atoms with van der Waals surface area (Å²) in [4.78, 5) is 49.4. The molecule has 29 heavy (non-hydrogen) atoms. The Hall–Kier alpha value is -3.04. The number of anilines is 1. The van der Waals surface area contributed by atoms with Gasteiger partial charge in [0.15, 0.2) is 6.10 Å². The van der Waals surface area contributed by atoms with Crippen LogP contribution in [0.4, 0.5) is 19.3 Å². The topological polar surface area (TPSA) is 105 Å². The van der Waals surface area contributed by atoms with Crippen molar-refractivity contribution in [2.24, 2.45) is 0 Å². The van der Waals surface area contributed by atoms with Gasteiger partial charge in [0.2, 0.25) is 0 Å². The predicted octanol–water partition coefficient (Wildman–Crippen LogP) is 2.34. The molecule has 0 radical (unpaired) electrons. The molecule has 1 aromatic carbocycles. The summed E-state index contributed by atoms with van der Waals surface area (Å²) in [6, 6.07) is 1.87. The first-order valence-electron chi connectivity index (χ1n) is 9.17. The second-order valence-corrected chi connectivity index (χ2v) is 7.00. The number of esters is 1. The van der Waals surface area contributed by atoms with E-state index in [1.165, 1.54) is 6.92 Å². The molecule has 0 aliphatic carbocycles. The molecule has 4 amide bonds. The Balaban J connectivity index is 1.93. The van der Waals surface area contributed by atoms with Crippen molar-refractivity contribution < 1.29 is 32.7 Å². The van der Waals surface area contributed by atoms with Gasteiger partial charge in [0.1, 0.15) is 23.7 Å². The van der Waals surface area contributed by atoms with Gasteiger partial charge in [-0.25, -0.2) is 13.6 Å². The number of nitrogens with one attached hydrogen (secondary N) is 2. The average molecular weight is 411 g/mol. The zero-order valence-electron chi connectivity index (χ0n) is 16.4. The van der Waals surface area contributed by atoms with Crippen LogP contribution in [0.15, 0.2) is 18.2 Å². The predicted molar refractivity (Wildman–Crippen MR) is 98.7 cm³/mol. The van der Waals surface area contributed by atoms with Crippen molar-refractivity contribution in [2.75, 3.05) is 11.9 Å². The van der Waals surface area contributed by atoms with Crippen molar-refractivity contribution in [1.29, 1.82) is 0 Å². The molecule has 1 aliphatic rings. The normalized spacial score (nSPS) is 19.7. The molecule has 1 heterocycles. The number of hydrogen-bond acceptors (Lipinski definition) is 5. The first-order valence-corrected chi connectivity index (χ1v) is 9.17. The van der Waals surface area contributed by atoms with Crippen molar-refractivity contribution in [1.82, 2.24) is 10.2 Å². The highest BCUT2D eigenvalue weighted by atomic mass is 19.1. The lowest BCUT2D eigenvalue weighted by molar-refractivity contribution is -0.155. The lowest BCUT2D eigenvalue weighted by Gasteiger charge is -2.21. The second kappa shape index (κ2) is 8.97. The minimum absolute atomic E-state index is 0.278. The number of carbonyl (C=O) groups excluding carboxylic acids is 4. The molecule has 2 N–H and O–H groups in total. The molecule has 10 heteroatoms. The molecular formula is C19H23F2N3O5. The maximum atomic E-state index is 13.6. The summed E-state index contributed by atoms with van der Waals surface area (Å²) >= 11 is 0. The SMILES string of the molecule is CCCC[C@]1(C)NC(=O)N(CC(=O)O[C@@H](C)C(=O)Nc2ccc(F)cc2F)C1=O. The van der Waals surface area contributed by atoms with Crippen LogP contribution < -0.4 is 10.6 Å². The van der Waals surface area contributed by atoms with Gasteiger partial charge in [-0.05, 0) is 32.4 Å². The Morgan fingerprint density at radius 3 is 2.62 bits per heavy atom. The van der Waals surface area contributed by atoms with Crippen LogP contribution in [0.1, 0.15) is 40.0 Å². The molecule has 1 aromatic rings. The quantitative estimate of drug-likeness (QED) is 0.505. The van der Waals surface area contributed by atoms with Gasteiger partial charge in [0, 0.05) is 6.07 Å². The van der Waals surface area contributed by atoms with Gasteiger partial charge in [-0.2, -0.15) is 0 Å². The van der Waals surface area contributed by atoms with E-state index in [2.05, 4.69) is 10.6 Å². The van der Waals surface area contributed by atoms with E-state index >= 15 is 0 Å². The highest BCUT2D eigenvalue weighted by Gasteiger charge is 2.48. The molecule has 158 valence electrons. The number of urea groups is 1. The van der Waals surface area contributed by atoms with Gasteiger partial charge in [-0.1, -0.05) is 19.8 Å². The standard InChI is InChI=1S/C19H23F2N3O5/c1-4-5-8-19(3)17(27)24(18(28)23-19)10-15(25)29-11(2)16(26)22-14-7-6-12(20)9-13(14)21/h6-7,9,11H,4-5,8,10H2,1-3H3,(H,22,26)(H,23,28)/t11-,19-/m0/s1. The van der Waals surface area contributed by atoms with E-state index in [9.17, 15) is 28.0 Å². The van der Waals surface area contributed by atoms with Crippen LogP contribution in [0.2, 0.25) is 0 Å². The van der Waals surface area contributed by atoms with Crippen LogP contribution in [0, 0.1) is 11.6 Å². The molecule has 0 saturated carbocycles. The number of rotatable bonds is 8. The summed E-state index contributed by atoms with van der Waals surface area (Å²) < 4.78 is 31.4. The van der Waals surface area contributed by atoms with Gasteiger partial charge in [0.05, 0.1) is 5.69 Å². The summed E-state index contributed by atoms with van der Waals surface area (Å²) in [6.07, 6.45) is 0.654. The third-order valence-corrected chi connectivity index (χ3v) is 4.53. The molecule has 2 rings (SSSR count). The van der Waals surface area contributed by atoms with Crippen LogP contribution in [-0.4, -0.2) is 46.9 Å². The third-order valence-electron chi connectivity index (χ3n) is 4.53. The number of imide groups is 1. The smallest absolute Gasteiger partial charge is 0.327 e. The third kappa shape index (κ3) is 5.27. The fourth-order valence-electron chi connectivity index (χ4n) is 2.83. The summed E-state index contributed by atoms with van der Waals surface area (Å²) in [5.74, 6) is -4.16. The van der Waals surface area contributed by atoms with E-state index < -0.39 is 53.6 Å². The largest absolute Gasteiger partial charge is 0.451 e. The Labute approximate surface area is 166 Å². The summed E-state index contributed by atoms with van der Waals surface area (Å²) in [5.41, 5.74) is -1.36. The van der Waals surface area contributed by atoms with Gasteiger partial charge in [0.25, 0.3) is 11.8 Å². The lowest BCUT2D eigenvalue weighted by atomic mass is 9.95. The van der Waals surface area contributed by atoms with Gasteiger partial charge in [-0.3, -0.25) is 19.3 Å². The maximum Gasteiger partial charge on any atom is 0.327 e. The number of ether oxygens (including phenoxy) is 1. The summed E-state index contributed by atoms with van der Waals surface area (Å²) in [7, 11) is 0. The Morgan fingerprint density at radius 2 is 2.00 bits per heavy atom. The average Bonchev–Trinajstić information content (AvgIpc) is 2.85. The Bertz CT molecular complexity index is 832. The van der Waals surface area contributed by atoms with Crippen molar-refractivity contribution in [3.8, 4) is 0 Å². The number of amides is 4. The van der Waals surface area contributed by atoms with E-state index in [1.54, 1.807) is 6.92 Å². The van der Waals surface area contributed by atoms with Crippen LogP contribution in [0.25, 0.3) is 0 Å². The monoisotopic (exact) mass is 411 g/mol. The molecule has 0 unspecified atom stereocenters. The zero-order valence-corrected chi connectivity index (χ0v) is 16.4. The highest BCUT2D eigenvalue weighted by Crippen LogP contribution is 2.23. The van der Waals surface area contributed by atoms with E-state index in [0.29, 0.717) is 12.5 Å². The highest BCUT2D eigenvalue weighted by molar-refractivity contribution is 6.08. The summed E-state index contributed by atoms with van der Waals surface area (Å²) in [5, 5.41) is 4.74. The molecule has 8 nitrogen and oxygen atoms in total. The number of benzene rings is 1. The second-order valence-electron chi connectivity index (χ2n) is 7.00.